The van der Waals surface area contributed by atoms with Gasteiger partial charge < -0.3 is 10.5 Å². The maximum atomic E-state index is 12.2. The first-order valence-electron chi connectivity index (χ1n) is 4.81. The van der Waals surface area contributed by atoms with Crippen molar-refractivity contribution in [2.45, 2.75) is 19.1 Å². The van der Waals surface area contributed by atoms with Gasteiger partial charge in [0.15, 0.2) is 0 Å². The van der Waals surface area contributed by atoms with Gasteiger partial charge in [-0.15, -0.1) is 0 Å². The average Bonchev–Trinajstić information content (AvgIpc) is 2.25. The van der Waals surface area contributed by atoms with Crippen LogP contribution in [-0.2, 0) is 10.9 Å². The van der Waals surface area contributed by atoms with Crippen LogP contribution in [0.25, 0.3) is 0 Å². The number of ether oxygens (including phenoxy) is 1. The molecule has 0 saturated heterocycles. The lowest BCUT2D eigenvalue weighted by Gasteiger charge is -2.12. The third-order valence-electron chi connectivity index (χ3n) is 2.00. The Balaban J connectivity index is 2.71. The summed E-state index contributed by atoms with van der Waals surface area (Å²) in [5, 5.41) is 0. The Morgan fingerprint density at radius 1 is 1.44 bits per heavy atom. The number of aromatic nitrogens is 1. The molecule has 0 saturated carbocycles. The number of hydrogen-bond acceptors (Lipinski definition) is 3. The van der Waals surface area contributed by atoms with E-state index in [-0.39, 0.29) is 6.61 Å². The van der Waals surface area contributed by atoms with Crippen molar-refractivity contribution in [3.8, 4) is 0 Å². The fourth-order valence-corrected chi connectivity index (χ4v) is 1.12. The Labute approximate surface area is 91.4 Å². The van der Waals surface area contributed by atoms with Crippen LogP contribution in [0.15, 0.2) is 18.3 Å². The maximum Gasteiger partial charge on any atom is 0.417 e. The van der Waals surface area contributed by atoms with E-state index in [0.717, 1.165) is 12.3 Å². The normalized spacial score (nSPS) is 13.8. The minimum absolute atomic E-state index is 0.245. The van der Waals surface area contributed by atoms with E-state index < -0.39 is 17.8 Å². The van der Waals surface area contributed by atoms with Gasteiger partial charge in [-0.25, -0.2) is 0 Å². The van der Waals surface area contributed by atoms with Crippen LogP contribution in [-0.4, -0.2) is 18.2 Å². The van der Waals surface area contributed by atoms with Crippen molar-refractivity contribution in [1.82, 2.24) is 4.98 Å². The quantitative estimate of drug-likeness (QED) is 0.868. The van der Waals surface area contributed by atoms with E-state index in [1.54, 1.807) is 0 Å². The van der Waals surface area contributed by atoms with Crippen molar-refractivity contribution in [2.24, 2.45) is 5.73 Å². The van der Waals surface area contributed by atoms with Crippen molar-refractivity contribution in [3.05, 3.63) is 29.6 Å². The molecule has 0 radical (unpaired) electrons. The van der Waals surface area contributed by atoms with Gasteiger partial charge in [0.1, 0.15) is 0 Å². The van der Waals surface area contributed by atoms with Crippen LogP contribution in [0.2, 0.25) is 0 Å². The highest BCUT2D eigenvalue weighted by atomic mass is 19.4. The number of nitrogens with two attached hydrogens (primary N) is 1. The van der Waals surface area contributed by atoms with Gasteiger partial charge in [0.2, 0.25) is 0 Å². The van der Waals surface area contributed by atoms with Gasteiger partial charge in [0, 0.05) is 12.8 Å². The summed E-state index contributed by atoms with van der Waals surface area (Å²) >= 11 is 0. The highest BCUT2D eigenvalue weighted by Gasteiger charge is 2.30. The van der Waals surface area contributed by atoms with Crippen molar-refractivity contribution in [1.29, 1.82) is 0 Å². The summed E-state index contributed by atoms with van der Waals surface area (Å²) < 4.78 is 41.7. The SMILES string of the molecule is CCOCC(N)c1ccc(C(F)(F)F)cn1. The molecule has 90 valence electrons. The van der Waals surface area contributed by atoms with E-state index in [0.29, 0.717) is 12.3 Å². The highest BCUT2D eigenvalue weighted by molar-refractivity contribution is 5.18. The largest absolute Gasteiger partial charge is 0.417 e. The molecule has 0 aliphatic carbocycles. The fourth-order valence-electron chi connectivity index (χ4n) is 1.12. The summed E-state index contributed by atoms with van der Waals surface area (Å²) in [4.78, 5) is 3.67. The molecular formula is C10H13F3N2O. The molecule has 1 aromatic heterocycles. The van der Waals surface area contributed by atoms with Gasteiger partial charge in [-0.05, 0) is 19.1 Å². The Bertz CT molecular complexity index is 324. The molecule has 6 heteroatoms. The molecule has 0 bridgehead atoms. The molecule has 1 aromatic rings. The molecular weight excluding hydrogens is 221 g/mol. The second kappa shape index (κ2) is 5.27. The molecule has 1 rings (SSSR count). The lowest BCUT2D eigenvalue weighted by atomic mass is 10.2. The Morgan fingerprint density at radius 3 is 2.56 bits per heavy atom. The average molecular weight is 234 g/mol. The third kappa shape index (κ3) is 3.46. The van der Waals surface area contributed by atoms with Crippen molar-refractivity contribution in [2.75, 3.05) is 13.2 Å². The molecule has 0 fully saturated rings. The van der Waals surface area contributed by atoms with E-state index in [9.17, 15) is 13.2 Å². The molecule has 1 unspecified atom stereocenters. The minimum atomic E-state index is -4.37. The number of pyridine rings is 1. The van der Waals surface area contributed by atoms with Gasteiger partial charge in [0.25, 0.3) is 0 Å². The van der Waals surface area contributed by atoms with Gasteiger partial charge in [-0.3, -0.25) is 4.98 Å². The molecule has 2 N–H and O–H groups in total. The van der Waals surface area contributed by atoms with Crippen molar-refractivity contribution < 1.29 is 17.9 Å². The monoisotopic (exact) mass is 234 g/mol. The van der Waals surface area contributed by atoms with E-state index in [1.807, 2.05) is 6.92 Å². The van der Waals surface area contributed by atoms with E-state index in [2.05, 4.69) is 4.98 Å². The minimum Gasteiger partial charge on any atom is -0.380 e. The Kier molecular flexibility index (Phi) is 4.26. The molecule has 0 aliphatic heterocycles. The number of hydrogen-bond donors (Lipinski definition) is 1. The van der Waals surface area contributed by atoms with Gasteiger partial charge in [-0.1, -0.05) is 0 Å². The highest BCUT2D eigenvalue weighted by Crippen LogP contribution is 2.28. The summed E-state index contributed by atoms with van der Waals surface area (Å²) in [5.74, 6) is 0. The van der Waals surface area contributed by atoms with E-state index in [4.69, 9.17) is 10.5 Å². The zero-order valence-electron chi connectivity index (χ0n) is 8.79. The van der Waals surface area contributed by atoms with Crippen LogP contribution in [0.5, 0.6) is 0 Å². The lowest BCUT2D eigenvalue weighted by Crippen LogP contribution is -2.19. The Hall–Kier alpha value is -1.14. The van der Waals surface area contributed by atoms with Crippen LogP contribution in [0.1, 0.15) is 24.2 Å². The zero-order valence-corrected chi connectivity index (χ0v) is 8.79. The summed E-state index contributed by atoms with van der Waals surface area (Å²) in [6.45, 7) is 2.57. The molecule has 3 nitrogen and oxygen atoms in total. The zero-order chi connectivity index (χ0) is 12.2. The van der Waals surface area contributed by atoms with Crippen molar-refractivity contribution >= 4 is 0 Å². The number of nitrogens with zero attached hydrogens (tertiary/aromatic N) is 1. The molecule has 0 amide bonds. The molecule has 0 aliphatic rings. The predicted octanol–water partition coefficient (Wildman–Crippen LogP) is 2.14. The maximum absolute atomic E-state index is 12.2. The van der Waals surface area contributed by atoms with Crippen LogP contribution >= 0.6 is 0 Å². The number of rotatable bonds is 4. The van der Waals surface area contributed by atoms with E-state index >= 15 is 0 Å². The summed E-state index contributed by atoms with van der Waals surface area (Å²) in [6, 6.07) is 1.74. The van der Waals surface area contributed by atoms with Crippen LogP contribution < -0.4 is 5.73 Å². The van der Waals surface area contributed by atoms with Crippen LogP contribution in [0.4, 0.5) is 13.2 Å². The second-order valence-corrected chi connectivity index (χ2v) is 3.24. The van der Waals surface area contributed by atoms with E-state index in [1.165, 1.54) is 6.07 Å². The molecule has 16 heavy (non-hydrogen) atoms. The van der Waals surface area contributed by atoms with Crippen LogP contribution in [0.3, 0.4) is 0 Å². The summed E-state index contributed by atoms with van der Waals surface area (Å²) in [5.41, 5.74) is 5.28. The summed E-state index contributed by atoms with van der Waals surface area (Å²) in [7, 11) is 0. The third-order valence-corrected chi connectivity index (χ3v) is 2.00. The molecule has 1 heterocycles. The molecule has 1 atom stereocenters. The van der Waals surface area contributed by atoms with Gasteiger partial charge in [0.05, 0.1) is 23.9 Å². The first kappa shape index (κ1) is 12.9. The van der Waals surface area contributed by atoms with Gasteiger partial charge >= 0.3 is 6.18 Å². The number of halogens is 3. The number of alkyl halides is 3. The predicted molar refractivity (Wildman–Crippen MR) is 52.7 cm³/mol. The second-order valence-electron chi connectivity index (χ2n) is 3.24. The first-order chi connectivity index (χ1) is 7.45. The molecule has 0 spiro atoms. The van der Waals surface area contributed by atoms with Crippen molar-refractivity contribution in [3.63, 3.8) is 0 Å². The smallest absolute Gasteiger partial charge is 0.380 e. The standard InChI is InChI=1S/C10H13F3N2O/c1-2-16-6-8(14)9-4-3-7(5-15-9)10(11,12)13/h3-5,8H,2,6,14H2,1H3. The summed E-state index contributed by atoms with van der Waals surface area (Å²) in [6.07, 6.45) is -3.59. The fraction of sp³-hybridized carbons (Fsp3) is 0.500. The first-order valence-corrected chi connectivity index (χ1v) is 4.81. The lowest BCUT2D eigenvalue weighted by molar-refractivity contribution is -0.137. The topological polar surface area (TPSA) is 48.1 Å². The Morgan fingerprint density at radius 2 is 2.12 bits per heavy atom. The van der Waals surface area contributed by atoms with Gasteiger partial charge in [-0.2, -0.15) is 13.2 Å². The van der Waals surface area contributed by atoms with Crippen LogP contribution in [0, 0.1) is 0 Å². The molecule has 0 aromatic carbocycles.